The van der Waals surface area contributed by atoms with Crippen molar-refractivity contribution in [2.75, 3.05) is 19.6 Å². The Balaban J connectivity index is 1.99. The molecule has 0 bridgehead atoms. The number of aromatic nitrogens is 1. The highest BCUT2D eigenvalue weighted by Gasteiger charge is 2.21. The number of aryl methyl sites for hydroxylation is 1. The Morgan fingerprint density at radius 3 is 2.76 bits per heavy atom. The molecule has 17 heavy (non-hydrogen) atoms. The van der Waals surface area contributed by atoms with Crippen LogP contribution in [0.5, 0.6) is 0 Å². The van der Waals surface area contributed by atoms with E-state index in [1.165, 1.54) is 51.9 Å². The number of fused-ring (bicyclic) bond motifs is 1. The molecule has 0 aromatic carbocycles. The lowest BCUT2D eigenvalue weighted by atomic mass is 9.95. The predicted octanol–water partition coefficient (Wildman–Crippen LogP) is 3.49. The van der Waals surface area contributed by atoms with Crippen molar-refractivity contribution in [3.05, 3.63) is 24.0 Å². The Hall–Kier alpha value is -0.760. The van der Waals surface area contributed by atoms with E-state index in [0.717, 1.165) is 5.92 Å². The van der Waals surface area contributed by atoms with Gasteiger partial charge in [0.15, 0.2) is 0 Å². The second-order valence-corrected chi connectivity index (χ2v) is 5.27. The van der Waals surface area contributed by atoms with Gasteiger partial charge in [-0.25, -0.2) is 0 Å². The fourth-order valence-electron chi connectivity index (χ4n) is 3.08. The number of nitrogens with zero attached hydrogens (tertiary/aromatic N) is 2. The van der Waals surface area contributed by atoms with Crippen molar-refractivity contribution in [3.63, 3.8) is 0 Å². The Labute approximate surface area is 106 Å². The Kier molecular flexibility index (Phi) is 4.66. The molecule has 1 aliphatic heterocycles. The average molecular weight is 234 g/mol. The SMILES string of the molecule is CCCN(CCC)C[C@H]1CCCn2cccc21. The zero-order valence-corrected chi connectivity index (χ0v) is 11.4. The Morgan fingerprint density at radius 1 is 1.29 bits per heavy atom. The van der Waals surface area contributed by atoms with Crippen molar-refractivity contribution in [2.45, 2.75) is 52.0 Å². The van der Waals surface area contributed by atoms with E-state index in [2.05, 4.69) is 41.6 Å². The smallest absolute Gasteiger partial charge is 0.0222 e. The van der Waals surface area contributed by atoms with Gasteiger partial charge >= 0.3 is 0 Å². The van der Waals surface area contributed by atoms with Crippen LogP contribution in [-0.2, 0) is 6.54 Å². The van der Waals surface area contributed by atoms with Crippen LogP contribution in [0.2, 0.25) is 0 Å². The average Bonchev–Trinajstić information content (AvgIpc) is 2.79. The summed E-state index contributed by atoms with van der Waals surface area (Å²) in [7, 11) is 0. The molecular formula is C15H26N2. The number of hydrogen-bond donors (Lipinski definition) is 0. The summed E-state index contributed by atoms with van der Waals surface area (Å²) in [5.74, 6) is 0.761. The molecule has 1 aromatic heterocycles. The maximum absolute atomic E-state index is 2.65. The van der Waals surface area contributed by atoms with Gasteiger partial charge in [-0.2, -0.15) is 0 Å². The first kappa shape index (κ1) is 12.7. The lowest BCUT2D eigenvalue weighted by molar-refractivity contribution is 0.240. The third-order valence-electron chi connectivity index (χ3n) is 3.79. The summed E-state index contributed by atoms with van der Waals surface area (Å²) in [5.41, 5.74) is 1.56. The molecule has 0 fully saturated rings. The maximum atomic E-state index is 2.65. The first-order valence-electron chi connectivity index (χ1n) is 7.22. The van der Waals surface area contributed by atoms with Gasteiger partial charge < -0.3 is 9.47 Å². The predicted molar refractivity (Wildman–Crippen MR) is 73.4 cm³/mol. The van der Waals surface area contributed by atoms with Gasteiger partial charge in [-0.1, -0.05) is 13.8 Å². The van der Waals surface area contributed by atoms with Crippen molar-refractivity contribution >= 4 is 0 Å². The van der Waals surface area contributed by atoms with E-state index in [-0.39, 0.29) is 0 Å². The standard InChI is InChI=1S/C15H26N2/c1-3-9-16(10-4-2)13-14-7-5-11-17-12-6-8-15(14)17/h6,8,12,14H,3-5,7,9-11,13H2,1-2H3/t14-/m1/s1. The highest BCUT2D eigenvalue weighted by Crippen LogP contribution is 2.28. The van der Waals surface area contributed by atoms with Crippen LogP contribution in [-0.4, -0.2) is 29.1 Å². The highest BCUT2D eigenvalue weighted by atomic mass is 15.1. The van der Waals surface area contributed by atoms with E-state index in [1.807, 2.05) is 0 Å². The summed E-state index contributed by atoms with van der Waals surface area (Å²) in [4.78, 5) is 2.65. The van der Waals surface area contributed by atoms with Gasteiger partial charge in [0.2, 0.25) is 0 Å². The normalized spacial score (nSPS) is 19.6. The van der Waals surface area contributed by atoms with E-state index in [9.17, 15) is 0 Å². The van der Waals surface area contributed by atoms with Crippen molar-refractivity contribution in [1.29, 1.82) is 0 Å². The van der Waals surface area contributed by atoms with Crippen LogP contribution in [0.15, 0.2) is 18.3 Å². The molecule has 0 saturated heterocycles. The fraction of sp³-hybridized carbons (Fsp3) is 0.733. The molecule has 0 spiro atoms. The fourth-order valence-corrected chi connectivity index (χ4v) is 3.08. The van der Waals surface area contributed by atoms with E-state index >= 15 is 0 Å². The zero-order chi connectivity index (χ0) is 12.1. The molecule has 2 rings (SSSR count). The molecule has 0 saturated carbocycles. The van der Waals surface area contributed by atoms with Crippen LogP contribution >= 0.6 is 0 Å². The van der Waals surface area contributed by atoms with E-state index in [1.54, 1.807) is 5.69 Å². The van der Waals surface area contributed by atoms with Crippen molar-refractivity contribution in [3.8, 4) is 0 Å². The van der Waals surface area contributed by atoms with Crippen molar-refractivity contribution < 1.29 is 0 Å². The molecule has 2 nitrogen and oxygen atoms in total. The maximum Gasteiger partial charge on any atom is 0.0222 e. The molecule has 2 heterocycles. The lowest BCUT2D eigenvalue weighted by Crippen LogP contribution is -2.32. The van der Waals surface area contributed by atoms with Gasteiger partial charge in [0.05, 0.1) is 0 Å². The van der Waals surface area contributed by atoms with Crippen LogP contribution in [0.25, 0.3) is 0 Å². The summed E-state index contributed by atoms with van der Waals surface area (Å²) in [6.07, 6.45) is 7.50. The molecule has 1 atom stereocenters. The van der Waals surface area contributed by atoms with E-state index in [0.29, 0.717) is 0 Å². The summed E-state index contributed by atoms with van der Waals surface area (Å²) in [6, 6.07) is 4.53. The van der Waals surface area contributed by atoms with Gasteiger partial charge in [-0.15, -0.1) is 0 Å². The minimum absolute atomic E-state index is 0.761. The largest absolute Gasteiger partial charge is 0.351 e. The number of rotatable bonds is 6. The monoisotopic (exact) mass is 234 g/mol. The summed E-state index contributed by atoms with van der Waals surface area (Å²) in [6.45, 7) is 9.56. The van der Waals surface area contributed by atoms with Crippen molar-refractivity contribution in [2.24, 2.45) is 0 Å². The van der Waals surface area contributed by atoms with Gasteiger partial charge in [-0.3, -0.25) is 0 Å². The molecule has 1 aromatic rings. The second kappa shape index (κ2) is 6.25. The molecule has 0 aliphatic carbocycles. The summed E-state index contributed by atoms with van der Waals surface area (Å²) < 4.78 is 2.45. The van der Waals surface area contributed by atoms with Gasteiger partial charge in [0, 0.05) is 30.9 Å². The van der Waals surface area contributed by atoms with Crippen LogP contribution in [0.4, 0.5) is 0 Å². The highest BCUT2D eigenvalue weighted by molar-refractivity contribution is 5.15. The molecule has 0 amide bonds. The summed E-state index contributed by atoms with van der Waals surface area (Å²) >= 11 is 0. The lowest BCUT2D eigenvalue weighted by Gasteiger charge is -2.30. The van der Waals surface area contributed by atoms with E-state index in [4.69, 9.17) is 0 Å². The first-order chi connectivity index (χ1) is 8.35. The second-order valence-electron chi connectivity index (χ2n) is 5.27. The molecular weight excluding hydrogens is 208 g/mol. The Morgan fingerprint density at radius 2 is 2.06 bits per heavy atom. The minimum atomic E-state index is 0.761. The molecule has 0 unspecified atom stereocenters. The van der Waals surface area contributed by atoms with Gasteiger partial charge in [0.25, 0.3) is 0 Å². The van der Waals surface area contributed by atoms with Crippen molar-refractivity contribution in [1.82, 2.24) is 9.47 Å². The van der Waals surface area contributed by atoms with Gasteiger partial charge in [-0.05, 0) is 50.9 Å². The molecule has 1 aliphatic rings. The zero-order valence-electron chi connectivity index (χ0n) is 11.4. The topological polar surface area (TPSA) is 8.17 Å². The molecule has 96 valence electrons. The van der Waals surface area contributed by atoms with Crippen LogP contribution in [0.3, 0.4) is 0 Å². The van der Waals surface area contributed by atoms with Crippen LogP contribution in [0.1, 0.15) is 51.1 Å². The number of hydrogen-bond acceptors (Lipinski definition) is 1. The van der Waals surface area contributed by atoms with Crippen LogP contribution in [0, 0.1) is 0 Å². The Bertz CT molecular complexity index is 323. The van der Waals surface area contributed by atoms with E-state index < -0.39 is 0 Å². The minimum Gasteiger partial charge on any atom is -0.351 e. The first-order valence-corrected chi connectivity index (χ1v) is 7.22. The molecule has 0 N–H and O–H groups in total. The summed E-state index contributed by atoms with van der Waals surface area (Å²) in [5, 5.41) is 0. The van der Waals surface area contributed by atoms with Crippen LogP contribution < -0.4 is 0 Å². The third-order valence-corrected chi connectivity index (χ3v) is 3.79. The molecule has 0 radical (unpaired) electrons. The third kappa shape index (κ3) is 3.12. The quantitative estimate of drug-likeness (QED) is 0.731. The molecule has 2 heteroatoms. The van der Waals surface area contributed by atoms with Gasteiger partial charge in [0.1, 0.15) is 0 Å².